The predicted molar refractivity (Wildman–Crippen MR) is 73.5 cm³/mol. The zero-order chi connectivity index (χ0) is 12.7. The van der Waals surface area contributed by atoms with Gasteiger partial charge in [-0.3, -0.25) is 0 Å². The molecule has 0 aliphatic heterocycles. The lowest BCUT2D eigenvalue weighted by Gasteiger charge is -2.17. The topological polar surface area (TPSA) is 21.3 Å². The number of rotatable bonds is 7. The maximum absolute atomic E-state index is 5.77. The lowest BCUT2D eigenvalue weighted by atomic mass is 10.0. The van der Waals surface area contributed by atoms with Crippen LogP contribution >= 0.6 is 0 Å². The van der Waals surface area contributed by atoms with Crippen molar-refractivity contribution in [2.75, 3.05) is 6.54 Å². The van der Waals surface area contributed by atoms with Gasteiger partial charge in [-0.2, -0.15) is 0 Å². The fourth-order valence-corrected chi connectivity index (χ4v) is 1.84. The first-order chi connectivity index (χ1) is 8.21. The Kier molecular flexibility index (Phi) is 6.06. The molecule has 0 amide bonds. The minimum Gasteiger partial charge on any atom is -0.491 e. The van der Waals surface area contributed by atoms with Crippen molar-refractivity contribution in [3.05, 3.63) is 29.8 Å². The van der Waals surface area contributed by atoms with Crippen LogP contribution in [0.2, 0.25) is 0 Å². The van der Waals surface area contributed by atoms with E-state index in [-0.39, 0.29) is 6.10 Å². The third kappa shape index (κ3) is 4.39. The van der Waals surface area contributed by atoms with Crippen LogP contribution in [0.25, 0.3) is 0 Å². The number of hydrogen-bond donors (Lipinski definition) is 1. The average molecular weight is 235 g/mol. The second-order valence-electron chi connectivity index (χ2n) is 4.42. The third-order valence-corrected chi connectivity index (χ3v) is 3.05. The number of hydrogen-bond acceptors (Lipinski definition) is 2. The number of ether oxygens (including phenoxy) is 1. The van der Waals surface area contributed by atoms with Crippen LogP contribution in [0.3, 0.4) is 0 Å². The summed E-state index contributed by atoms with van der Waals surface area (Å²) >= 11 is 0. The predicted octanol–water partition coefficient (Wildman–Crippen LogP) is 3.92. The van der Waals surface area contributed by atoms with Gasteiger partial charge in [-0.1, -0.05) is 32.9 Å². The van der Waals surface area contributed by atoms with Crippen molar-refractivity contribution in [1.29, 1.82) is 0 Å². The van der Waals surface area contributed by atoms with E-state index < -0.39 is 0 Å². The molecule has 1 aromatic rings. The van der Waals surface area contributed by atoms with Gasteiger partial charge in [0.25, 0.3) is 0 Å². The highest BCUT2D eigenvalue weighted by Gasteiger charge is 2.08. The lowest BCUT2D eigenvalue weighted by Crippen LogP contribution is -2.20. The highest BCUT2D eigenvalue weighted by atomic mass is 16.5. The fraction of sp³-hybridized carbons (Fsp3) is 0.600. The summed E-state index contributed by atoms with van der Waals surface area (Å²) in [5, 5.41) is 3.48. The quantitative estimate of drug-likeness (QED) is 0.773. The normalized spacial score (nSPS) is 14.4. The van der Waals surface area contributed by atoms with Crippen LogP contribution in [-0.4, -0.2) is 12.6 Å². The second kappa shape index (κ2) is 7.33. The van der Waals surface area contributed by atoms with Crippen LogP contribution in [0.4, 0.5) is 0 Å². The van der Waals surface area contributed by atoms with Gasteiger partial charge >= 0.3 is 0 Å². The molecule has 1 rings (SSSR count). The summed E-state index contributed by atoms with van der Waals surface area (Å²) in [5.41, 5.74) is 1.34. The Morgan fingerprint density at radius 1 is 1.06 bits per heavy atom. The van der Waals surface area contributed by atoms with Crippen molar-refractivity contribution in [1.82, 2.24) is 5.32 Å². The van der Waals surface area contributed by atoms with Gasteiger partial charge in [-0.25, -0.2) is 0 Å². The van der Waals surface area contributed by atoms with Crippen molar-refractivity contribution >= 4 is 0 Å². The van der Waals surface area contributed by atoms with Gasteiger partial charge in [0, 0.05) is 6.04 Å². The third-order valence-electron chi connectivity index (χ3n) is 3.05. The molecule has 2 atom stereocenters. The molecule has 1 aromatic carbocycles. The molecule has 0 aliphatic rings. The van der Waals surface area contributed by atoms with E-state index in [0.717, 1.165) is 25.1 Å². The summed E-state index contributed by atoms with van der Waals surface area (Å²) in [7, 11) is 0. The Bertz CT molecular complexity index is 307. The summed E-state index contributed by atoms with van der Waals surface area (Å²) in [6.45, 7) is 9.59. The number of nitrogens with one attached hydrogen (secondary N) is 1. The Balaban J connectivity index is 2.66. The molecule has 1 N–H and O–H groups in total. The average Bonchev–Trinajstić information content (AvgIpc) is 2.37. The van der Waals surface area contributed by atoms with E-state index >= 15 is 0 Å². The molecule has 0 bridgehead atoms. The van der Waals surface area contributed by atoms with Crippen LogP contribution < -0.4 is 10.1 Å². The van der Waals surface area contributed by atoms with Crippen molar-refractivity contribution < 1.29 is 4.74 Å². The molecule has 0 aromatic heterocycles. The summed E-state index contributed by atoms with van der Waals surface area (Å²) in [4.78, 5) is 0. The van der Waals surface area contributed by atoms with Crippen LogP contribution in [0.15, 0.2) is 24.3 Å². The highest BCUT2D eigenvalue weighted by molar-refractivity contribution is 5.29. The first-order valence-electron chi connectivity index (χ1n) is 6.71. The molecule has 0 fully saturated rings. The van der Waals surface area contributed by atoms with Crippen LogP contribution in [0, 0.1) is 0 Å². The molecule has 2 unspecified atom stereocenters. The Hall–Kier alpha value is -1.02. The van der Waals surface area contributed by atoms with Crippen molar-refractivity contribution in [2.24, 2.45) is 0 Å². The van der Waals surface area contributed by atoms with E-state index in [2.05, 4.69) is 57.3 Å². The molecule has 0 heterocycles. The van der Waals surface area contributed by atoms with E-state index in [0.29, 0.717) is 6.04 Å². The van der Waals surface area contributed by atoms with E-state index in [1.54, 1.807) is 0 Å². The van der Waals surface area contributed by atoms with Gasteiger partial charge in [0.2, 0.25) is 0 Å². The van der Waals surface area contributed by atoms with Gasteiger partial charge in [-0.05, 0) is 44.0 Å². The van der Waals surface area contributed by atoms with E-state index in [4.69, 9.17) is 4.74 Å². The SMILES string of the molecule is CCNC(CC)c1ccc(OC(C)CC)cc1. The zero-order valence-electron chi connectivity index (χ0n) is 11.5. The monoisotopic (exact) mass is 235 g/mol. The Morgan fingerprint density at radius 3 is 2.18 bits per heavy atom. The molecule has 17 heavy (non-hydrogen) atoms. The first kappa shape index (κ1) is 14.0. The zero-order valence-corrected chi connectivity index (χ0v) is 11.5. The van der Waals surface area contributed by atoms with Gasteiger partial charge in [0.05, 0.1) is 6.10 Å². The summed E-state index contributed by atoms with van der Waals surface area (Å²) < 4.78 is 5.77. The maximum Gasteiger partial charge on any atom is 0.119 e. The van der Waals surface area contributed by atoms with Crippen LogP contribution in [0.5, 0.6) is 5.75 Å². The molecule has 0 spiro atoms. The van der Waals surface area contributed by atoms with Crippen molar-refractivity contribution in [3.8, 4) is 5.75 Å². The fourth-order valence-electron chi connectivity index (χ4n) is 1.84. The van der Waals surface area contributed by atoms with Gasteiger partial charge in [0.1, 0.15) is 5.75 Å². The molecule has 0 saturated heterocycles. The Morgan fingerprint density at radius 2 is 1.71 bits per heavy atom. The molecule has 96 valence electrons. The van der Waals surface area contributed by atoms with Gasteiger partial charge in [0.15, 0.2) is 0 Å². The smallest absolute Gasteiger partial charge is 0.119 e. The largest absolute Gasteiger partial charge is 0.491 e. The standard InChI is InChI=1S/C15H25NO/c1-5-12(4)17-14-10-8-13(9-11-14)15(6-2)16-7-3/h8-12,15-16H,5-7H2,1-4H3. The molecule has 0 aliphatic carbocycles. The van der Waals surface area contributed by atoms with Crippen LogP contribution in [-0.2, 0) is 0 Å². The molecule has 0 saturated carbocycles. The lowest BCUT2D eigenvalue weighted by molar-refractivity contribution is 0.217. The first-order valence-corrected chi connectivity index (χ1v) is 6.71. The number of benzene rings is 1. The Labute approximate surface area is 105 Å². The van der Waals surface area contributed by atoms with Gasteiger partial charge in [-0.15, -0.1) is 0 Å². The summed E-state index contributed by atoms with van der Waals surface area (Å²) in [5.74, 6) is 0.967. The minimum absolute atomic E-state index is 0.289. The van der Waals surface area contributed by atoms with Crippen molar-refractivity contribution in [2.45, 2.75) is 52.7 Å². The molecule has 0 radical (unpaired) electrons. The molecule has 2 heteroatoms. The van der Waals surface area contributed by atoms with E-state index in [1.165, 1.54) is 5.56 Å². The molecular formula is C15H25NO. The van der Waals surface area contributed by atoms with Gasteiger partial charge < -0.3 is 10.1 Å². The summed E-state index contributed by atoms with van der Waals surface area (Å²) in [6, 6.07) is 8.92. The molecular weight excluding hydrogens is 210 g/mol. The summed E-state index contributed by atoms with van der Waals surface area (Å²) in [6.07, 6.45) is 2.44. The molecule has 2 nitrogen and oxygen atoms in total. The van der Waals surface area contributed by atoms with E-state index in [1.807, 2.05) is 0 Å². The second-order valence-corrected chi connectivity index (χ2v) is 4.42. The van der Waals surface area contributed by atoms with E-state index in [9.17, 15) is 0 Å². The van der Waals surface area contributed by atoms with Crippen molar-refractivity contribution in [3.63, 3.8) is 0 Å². The van der Waals surface area contributed by atoms with Crippen LogP contribution in [0.1, 0.15) is 52.1 Å². The minimum atomic E-state index is 0.289. The maximum atomic E-state index is 5.77. The highest BCUT2D eigenvalue weighted by Crippen LogP contribution is 2.21.